The van der Waals surface area contributed by atoms with Crippen LogP contribution in [0.3, 0.4) is 0 Å². The van der Waals surface area contributed by atoms with Crippen molar-refractivity contribution in [3.05, 3.63) is 51.9 Å². The number of fused-ring (bicyclic) bond motifs is 1. The number of rotatable bonds is 6. The van der Waals surface area contributed by atoms with Crippen LogP contribution in [0.15, 0.2) is 24.5 Å². The Kier molecular flexibility index (Phi) is 4.50. The Morgan fingerprint density at radius 1 is 1.30 bits per heavy atom. The predicted molar refractivity (Wildman–Crippen MR) is 100 cm³/mol. The van der Waals surface area contributed by atoms with Gasteiger partial charge in [-0.05, 0) is 54.5 Å². The maximum atomic E-state index is 13.5. The molecule has 7 heteroatoms. The summed E-state index contributed by atoms with van der Waals surface area (Å²) in [4.78, 5) is 26.3. The molecule has 1 aliphatic rings. The molecule has 0 amide bonds. The lowest BCUT2D eigenvalue weighted by atomic mass is 9.97. The van der Waals surface area contributed by atoms with Crippen LogP contribution >= 0.6 is 11.3 Å². The van der Waals surface area contributed by atoms with Gasteiger partial charge in [0.15, 0.2) is 0 Å². The third kappa shape index (κ3) is 3.88. The Morgan fingerprint density at radius 2 is 2.07 bits per heavy atom. The first-order valence-electron chi connectivity index (χ1n) is 8.91. The zero-order valence-corrected chi connectivity index (χ0v) is 15.9. The highest BCUT2D eigenvalue weighted by atomic mass is 32.1. The zero-order valence-electron chi connectivity index (χ0n) is 15.1. The van der Waals surface area contributed by atoms with E-state index < -0.39 is 5.92 Å². The topological polar surface area (TPSA) is 55.7 Å². The minimum absolute atomic E-state index is 0.0263. The van der Waals surface area contributed by atoms with Gasteiger partial charge in [-0.3, -0.25) is 9.78 Å². The number of ketones is 1. The van der Waals surface area contributed by atoms with E-state index in [1.54, 1.807) is 23.6 Å². The summed E-state index contributed by atoms with van der Waals surface area (Å²) in [5.41, 5.74) is 3.22. The number of carbonyl (C=O) groups is 1. The van der Waals surface area contributed by atoms with Gasteiger partial charge in [0.05, 0.1) is 5.01 Å². The van der Waals surface area contributed by atoms with Crippen molar-refractivity contribution in [2.24, 2.45) is 0 Å². The van der Waals surface area contributed by atoms with Crippen LogP contribution < -0.4 is 0 Å². The molecule has 0 radical (unpaired) electrons. The van der Waals surface area contributed by atoms with E-state index in [2.05, 4.69) is 15.0 Å². The number of Topliss-reactive ketones (excluding diaryl/α,β-unsaturated/α-hetero) is 1. The number of carbonyl (C=O) groups excluding carboxylic acids is 1. The van der Waals surface area contributed by atoms with E-state index in [-0.39, 0.29) is 24.3 Å². The smallest absolute Gasteiger partial charge is 0.286 e. The van der Waals surface area contributed by atoms with Crippen molar-refractivity contribution < 1.29 is 13.6 Å². The summed E-state index contributed by atoms with van der Waals surface area (Å²) in [6, 6.07) is 2.92. The number of aromatic nitrogens is 3. The van der Waals surface area contributed by atoms with Gasteiger partial charge in [0.25, 0.3) is 5.92 Å². The monoisotopic (exact) mass is 387 g/mol. The number of hydrogen-bond acceptors (Lipinski definition) is 5. The molecule has 0 aromatic carbocycles. The molecule has 0 N–H and O–H groups in total. The van der Waals surface area contributed by atoms with E-state index in [4.69, 9.17) is 0 Å². The highest BCUT2D eigenvalue weighted by Crippen LogP contribution is 2.45. The minimum atomic E-state index is -3.02. The fourth-order valence-electron chi connectivity index (χ4n) is 3.33. The average Bonchev–Trinajstić information content (AvgIpc) is 3.34. The van der Waals surface area contributed by atoms with Crippen LogP contribution in [0.25, 0.3) is 10.3 Å². The summed E-state index contributed by atoms with van der Waals surface area (Å²) in [6.45, 7) is 2.76. The van der Waals surface area contributed by atoms with Crippen molar-refractivity contribution in [3.8, 4) is 0 Å². The SMILES string of the molecule is Cc1nc2c(C3CC3)c(CC(=O)Cc3ccnc(C(C)(F)F)c3)cnc2s1. The summed E-state index contributed by atoms with van der Waals surface area (Å²) in [7, 11) is 0. The van der Waals surface area contributed by atoms with Gasteiger partial charge in [0.2, 0.25) is 0 Å². The number of halogens is 2. The van der Waals surface area contributed by atoms with Crippen LogP contribution in [-0.2, 0) is 23.6 Å². The fourth-order valence-corrected chi connectivity index (χ4v) is 4.11. The van der Waals surface area contributed by atoms with E-state index in [0.717, 1.165) is 46.2 Å². The molecule has 0 unspecified atom stereocenters. The Balaban J connectivity index is 1.58. The van der Waals surface area contributed by atoms with Gasteiger partial charge in [-0.2, -0.15) is 8.78 Å². The zero-order chi connectivity index (χ0) is 19.2. The second-order valence-corrected chi connectivity index (χ2v) is 8.37. The lowest BCUT2D eigenvalue weighted by molar-refractivity contribution is -0.117. The van der Waals surface area contributed by atoms with Crippen LogP contribution in [0.2, 0.25) is 0 Å². The van der Waals surface area contributed by atoms with E-state index in [9.17, 15) is 13.6 Å². The summed E-state index contributed by atoms with van der Waals surface area (Å²) in [5.74, 6) is -2.59. The number of alkyl halides is 2. The molecule has 4 nitrogen and oxygen atoms in total. The van der Waals surface area contributed by atoms with Crippen LogP contribution in [0.1, 0.15) is 53.1 Å². The van der Waals surface area contributed by atoms with Gasteiger partial charge < -0.3 is 0 Å². The van der Waals surface area contributed by atoms with Crippen LogP contribution in [0.5, 0.6) is 0 Å². The molecule has 0 saturated heterocycles. The first kappa shape index (κ1) is 18.1. The molecule has 0 bridgehead atoms. The van der Waals surface area contributed by atoms with Crippen molar-refractivity contribution in [2.75, 3.05) is 0 Å². The van der Waals surface area contributed by atoms with Crippen molar-refractivity contribution in [1.29, 1.82) is 0 Å². The largest absolute Gasteiger partial charge is 0.299 e. The summed E-state index contributed by atoms with van der Waals surface area (Å²) in [5, 5.41) is 0.965. The van der Waals surface area contributed by atoms with Gasteiger partial charge in [-0.1, -0.05) is 11.3 Å². The number of aryl methyl sites for hydroxylation is 1. The quantitative estimate of drug-likeness (QED) is 0.613. The normalized spacial score (nSPS) is 14.7. The summed E-state index contributed by atoms with van der Waals surface area (Å²) in [6.07, 6.45) is 5.67. The van der Waals surface area contributed by atoms with Crippen LogP contribution in [0, 0.1) is 6.92 Å². The Hall–Kier alpha value is -2.28. The van der Waals surface area contributed by atoms with Crippen molar-refractivity contribution in [1.82, 2.24) is 15.0 Å². The second kappa shape index (κ2) is 6.71. The van der Waals surface area contributed by atoms with Crippen molar-refractivity contribution in [2.45, 2.75) is 51.4 Å². The average molecular weight is 387 g/mol. The van der Waals surface area contributed by atoms with Crippen molar-refractivity contribution in [3.63, 3.8) is 0 Å². The Labute approximate surface area is 159 Å². The Bertz CT molecular complexity index is 1020. The molecule has 140 valence electrons. The van der Waals surface area contributed by atoms with Gasteiger partial charge in [-0.25, -0.2) is 9.97 Å². The molecule has 3 aromatic heterocycles. The number of nitrogens with zero attached hydrogens (tertiary/aromatic N) is 3. The molecule has 27 heavy (non-hydrogen) atoms. The van der Waals surface area contributed by atoms with Crippen LogP contribution in [0.4, 0.5) is 8.78 Å². The molecule has 3 aromatic rings. The maximum absolute atomic E-state index is 13.5. The number of pyridine rings is 2. The van der Waals surface area contributed by atoms with E-state index in [1.807, 2.05) is 6.92 Å². The van der Waals surface area contributed by atoms with Gasteiger partial charge in [0.1, 0.15) is 21.8 Å². The maximum Gasteiger partial charge on any atom is 0.286 e. The molecule has 1 aliphatic carbocycles. The van der Waals surface area contributed by atoms with Gasteiger partial charge in [0, 0.05) is 32.2 Å². The molecule has 0 spiro atoms. The lowest BCUT2D eigenvalue weighted by Crippen LogP contribution is -2.12. The molecule has 1 fully saturated rings. The first-order chi connectivity index (χ1) is 12.8. The minimum Gasteiger partial charge on any atom is -0.299 e. The molecule has 3 heterocycles. The fraction of sp³-hybridized carbons (Fsp3) is 0.400. The predicted octanol–water partition coefficient (Wildman–Crippen LogP) is 4.74. The summed E-state index contributed by atoms with van der Waals surface area (Å²) < 4.78 is 26.9. The van der Waals surface area contributed by atoms with Gasteiger partial charge >= 0.3 is 0 Å². The molecular weight excluding hydrogens is 368 g/mol. The molecular formula is C20H19F2N3OS. The molecule has 4 rings (SSSR count). The molecule has 0 aliphatic heterocycles. The third-order valence-electron chi connectivity index (χ3n) is 4.70. The van der Waals surface area contributed by atoms with E-state index in [0.29, 0.717) is 11.5 Å². The highest BCUT2D eigenvalue weighted by molar-refractivity contribution is 7.18. The van der Waals surface area contributed by atoms with Crippen molar-refractivity contribution >= 4 is 27.5 Å². The van der Waals surface area contributed by atoms with Gasteiger partial charge in [-0.15, -0.1) is 0 Å². The lowest BCUT2D eigenvalue weighted by Gasteiger charge is -2.11. The third-order valence-corrected chi connectivity index (χ3v) is 5.58. The number of thiazole rings is 1. The first-order valence-corrected chi connectivity index (χ1v) is 9.73. The van der Waals surface area contributed by atoms with E-state index in [1.165, 1.54) is 12.3 Å². The second-order valence-electron chi connectivity index (χ2n) is 7.19. The molecule has 0 atom stereocenters. The standard InChI is InChI=1S/C20H19F2N3OS/c1-11-25-18-17(13-3-4-13)14(10-24-19(18)27-11)9-15(26)7-12-5-6-23-16(8-12)20(2,21)22/h5-6,8,10,13H,3-4,7,9H2,1-2H3. The molecule has 1 saturated carbocycles. The van der Waals surface area contributed by atoms with Crippen LogP contribution in [-0.4, -0.2) is 20.7 Å². The summed E-state index contributed by atoms with van der Waals surface area (Å²) >= 11 is 1.56. The number of hydrogen-bond donors (Lipinski definition) is 0. The Morgan fingerprint density at radius 3 is 2.78 bits per heavy atom. The van der Waals surface area contributed by atoms with E-state index >= 15 is 0 Å². The highest BCUT2D eigenvalue weighted by Gasteiger charge is 2.30.